The molecular formula is C18H16ClN3O3S2. The normalized spacial score (nSPS) is 10.4. The molecular weight excluding hydrogens is 406 g/mol. The maximum atomic E-state index is 12.2. The number of rotatable bonds is 7. The van der Waals surface area contributed by atoms with E-state index in [0.717, 1.165) is 4.88 Å². The summed E-state index contributed by atoms with van der Waals surface area (Å²) in [5, 5.41) is 10.1. The van der Waals surface area contributed by atoms with E-state index in [1.165, 1.54) is 29.8 Å². The Morgan fingerprint density at radius 3 is 2.67 bits per heavy atom. The molecule has 0 aliphatic rings. The van der Waals surface area contributed by atoms with Gasteiger partial charge in [0.2, 0.25) is 11.8 Å². The lowest BCUT2D eigenvalue weighted by Gasteiger charge is -2.07. The molecule has 6 nitrogen and oxygen atoms in total. The molecule has 0 radical (unpaired) electrons. The summed E-state index contributed by atoms with van der Waals surface area (Å²) < 4.78 is 5.08. The molecule has 0 saturated carbocycles. The maximum absolute atomic E-state index is 12.2. The number of thiophene rings is 1. The van der Waals surface area contributed by atoms with Crippen LogP contribution in [-0.4, -0.2) is 23.9 Å². The molecule has 2 N–H and O–H groups in total. The number of hydrogen-bond acceptors (Lipinski definition) is 6. The van der Waals surface area contributed by atoms with Crippen molar-refractivity contribution >= 4 is 56.9 Å². The van der Waals surface area contributed by atoms with Crippen LogP contribution in [0.1, 0.15) is 10.6 Å². The van der Waals surface area contributed by atoms with Gasteiger partial charge in [-0.15, -0.1) is 22.7 Å². The Labute approximate surface area is 169 Å². The molecule has 0 aliphatic heterocycles. The van der Waals surface area contributed by atoms with Crippen molar-refractivity contribution in [2.75, 3.05) is 17.7 Å². The standard InChI is InChI=1S/C18H16ClN3O3S2/c1-25-15-5-4-11(7-14(15)19)20-16(23)8-12-10-27-18(21-12)22-17(24)9-13-3-2-6-26-13/h2-7,10H,8-9H2,1H3,(H,20,23)(H,21,22,24). The Morgan fingerprint density at radius 1 is 1.15 bits per heavy atom. The summed E-state index contributed by atoms with van der Waals surface area (Å²) in [5.74, 6) is 0.186. The largest absolute Gasteiger partial charge is 0.495 e. The number of amides is 2. The second kappa shape index (κ2) is 8.98. The van der Waals surface area contributed by atoms with Crippen LogP contribution in [0, 0.1) is 0 Å². The van der Waals surface area contributed by atoms with Gasteiger partial charge in [0.15, 0.2) is 5.13 Å². The summed E-state index contributed by atoms with van der Waals surface area (Å²) in [6, 6.07) is 8.83. The molecule has 3 aromatic rings. The van der Waals surface area contributed by atoms with Gasteiger partial charge in [0.1, 0.15) is 5.75 Å². The highest BCUT2D eigenvalue weighted by atomic mass is 35.5. The molecule has 3 rings (SSSR count). The summed E-state index contributed by atoms with van der Waals surface area (Å²) in [7, 11) is 1.53. The van der Waals surface area contributed by atoms with E-state index in [0.29, 0.717) is 33.7 Å². The number of nitrogens with one attached hydrogen (secondary N) is 2. The van der Waals surface area contributed by atoms with E-state index >= 15 is 0 Å². The van der Waals surface area contributed by atoms with Crippen molar-refractivity contribution in [1.29, 1.82) is 0 Å². The number of carbonyl (C=O) groups is 2. The molecule has 0 spiro atoms. The van der Waals surface area contributed by atoms with Gasteiger partial charge in [-0.3, -0.25) is 9.59 Å². The number of halogens is 1. The van der Waals surface area contributed by atoms with E-state index in [4.69, 9.17) is 16.3 Å². The topological polar surface area (TPSA) is 80.3 Å². The van der Waals surface area contributed by atoms with Gasteiger partial charge < -0.3 is 15.4 Å². The van der Waals surface area contributed by atoms with Crippen molar-refractivity contribution < 1.29 is 14.3 Å². The van der Waals surface area contributed by atoms with Crippen LogP contribution in [0.2, 0.25) is 5.02 Å². The van der Waals surface area contributed by atoms with Crippen molar-refractivity contribution in [3.05, 3.63) is 56.7 Å². The van der Waals surface area contributed by atoms with E-state index < -0.39 is 0 Å². The third-order valence-corrected chi connectivity index (χ3v) is 5.47. The second-order valence-electron chi connectivity index (χ2n) is 5.52. The van der Waals surface area contributed by atoms with Crippen LogP contribution in [0.4, 0.5) is 10.8 Å². The van der Waals surface area contributed by atoms with Gasteiger partial charge in [-0.2, -0.15) is 0 Å². The Balaban J connectivity index is 1.53. The molecule has 27 heavy (non-hydrogen) atoms. The maximum Gasteiger partial charge on any atom is 0.231 e. The number of hydrogen-bond donors (Lipinski definition) is 2. The minimum atomic E-state index is -0.224. The number of carbonyl (C=O) groups excluding carboxylic acids is 2. The zero-order valence-electron chi connectivity index (χ0n) is 14.3. The Bertz CT molecular complexity index is 941. The van der Waals surface area contributed by atoms with Gasteiger partial charge in [-0.05, 0) is 29.6 Å². The van der Waals surface area contributed by atoms with E-state index in [1.54, 1.807) is 23.6 Å². The lowest BCUT2D eigenvalue weighted by atomic mass is 10.2. The van der Waals surface area contributed by atoms with Crippen molar-refractivity contribution in [1.82, 2.24) is 4.98 Å². The molecule has 2 heterocycles. The molecule has 0 atom stereocenters. The van der Waals surface area contributed by atoms with Gasteiger partial charge in [-0.1, -0.05) is 17.7 Å². The molecule has 0 bridgehead atoms. The third-order valence-electron chi connectivity index (χ3n) is 3.49. The first kappa shape index (κ1) is 19.3. The SMILES string of the molecule is COc1ccc(NC(=O)Cc2csc(NC(=O)Cc3cccs3)n2)cc1Cl. The zero-order chi connectivity index (χ0) is 19.2. The van der Waals surface area contributed by atoms with Crippen LogP contribution < -0.4 is 15.4 Å². The monoisotopic (exact) mass is 421 g/mol. The molecule has 0 unspecified atom stereocenters. The molecule has 140 valence electrons. The second-order valence-corrected chi connectivity index (χ2v) is 7.82. The highest BCUT2D eigenvalue weighted by Gasteiger charge is 2.12. The molecule has 9 heteroatoms. The fraction of sp³-hybridized carbons (Fsp3) is 0.167. The summed E-state index contributed by atoms with van der Waals surface area (Å²) in [6.45, 7) is 0. The summed E-state index contributed by atoms with van der Waals surface area (Å²) in [6.07, 6.45) is 0.409. The van der Waals surface area contributed by atoms with Crippen LogP contribution in [0.5, 0.6) is 5.75 Å². The van der Waals surface area contributed by atoms with Crippen molar-refractivity contribution in [3.63, 3.8) is 0 Å². The first-order valence-corrected chi connectivity index (χ1v) is 10.1. The van der Waals surface area contributed by atoms with Gasteiger partial charge in [0.25, 0.3) is 0 Å². The average molecular weight is 422 g/mol. The molecule has 2 aromatic heterocycles. The molecule has 0 saturated heterocycles. The predicted molar refractivity (Wildman–Crippen MR) is 109 cm³/mol. The quantitative estimate of drug-likeness (QED) is 0.598. The first-order chi connectivity index (χ1) is 13.0. The highest BCUT2D eigenvalue weighted by molar-refractivity contribution is 7.14. The fourth-order valence-electron chi connectivity index (χ4n) is 2.29. The Morgan fingerprint density at radius 2 is 1.96 bits per heavy atom. The van der Waals surface area contributed by atoms with Crippen LogP contribution in [0.3, 0.4) is 0 Å². The number of ether oxygens (including phenoxy) is 1. The summed E-state index contributed by atoms with van der Waals surface area (Å²) >= 11 is 8.87. The van der Waals surface area contributed by atoms with Crippen molar-refractivity contribution in [3.8, 4) is 5.75 Å². The summed E-state index contributed by atoms with van der Waals surface area (Å²) in [4.78, 5) is 29.5. The van der Waals surface area contributed by atoms with Gasteiger partial charge in [-0.25, -0.2) is 4.98 Å². The minimum absolute atomic E-state index is 0.0982. The van der Waals surface area contributed by atoms with Crippen molar-refractivity contribution in [2.45, 2.75) is 12.8 Å². The number of aromatic nitrogens is 1. The zero-order valence-corrected chi connectivity index (χ0v) is 16.7. The smallest absolute Gasteiger partial charge is 0.231 e. The van der Waals surface area contributed by atoms with Gasteiger partial charge in [0, 0.05) is 15.9 Å². The Kier molecular flexibility index (Phi) is 6.44. The van der Waals surface area contributed by atoms with Crippen LogP contribution in [0.15, 0.2) is 41.1 Å². The van der Waals surface area contributed by atoms with Crippen LogP contribution >= 0.6 is 34.3 Å². The molecule has 0 aliphatic carbocycles. The summed E-state index contributed by atoms with van der Waals surface area (Å²) in [5.41, 5.74) is 1.16. The fourth-order valence-corrected chi connectivity index (χ4v) is 3.98. The van der Waals surface area contributed by atoms with Crippen LogP contribution in [-0.2, 0) is 22.4 Å². The first-order valence-electron chi connectivity index (χ1n) is 7.93. The van der Waals surface area contributed by atoms with E-state index in [-0.39, 0.29) is 18.2 Å². The lowest BCUT2D eigenvalue weighted by molar-refractivity contribution is -0.116. The third kappa shape index (κ3) is 5.53. The van der Waals surface area contributed by atoms with E-state index in [9.17, 15) is 9.59 Å². The number of anilines is 2. The average Bonchev–Trinajstić information content (AvgIpc) is 3.27. The minimum Gasteiger partial charge on any atom is -0.495 e. The number of methoxy groups -OCH3 is 1. The predicted octanol–water partition coefficient (Wildman–Crippen LogP) is 4.23. The lowest BCUT2D eigenvalue weighted by Crippen LogP contribution is -2.15. The van der Waals surface area contributed by atoms with Gasteiger partial charge in [0.05, 0.1) is 30.7 Å². The van der Waals surface area contributed by atoms with Crippen LogP contribution in [0.25, 0.3) is 0 Å². The molecule has 2 amide bonds. The van der Waals surface area contributed by atoms with E-state index in [2.05, 4.69) is 15.6 Å². The molecule has 0 fully saturated rings. The highest BCUT2D eigenvalue weighted by Crippen LogP contribution is 2.27. The number of thiazole rings is 1. The Hall–Kier alpha value is -2.42. The van der Waals surface area contributed by atoms with Crippen molar-refractivity contribution in [2.24, 2.45) is 0 Å². The van der Waals surface area contributed by atoms with E-state index in [1.807, 2.05) is 17.5 Å². The number of nitrogens with zero attached hydrogens (tertiary/aromatic N) is 1. The van der Waals surface area contributed by atoms with Gasteiger partial charge >= 0.3 is 0 Å². The molecule has 1 aromatic carbocycles. The number of benzene rings is 1.